The van der Waals surface area contributed by atoms with Crippen molar-refractivity contribution in [1.29, 1.82) is 0 Å². The summed E-state index contributed by atoms with van der Waals surface area (Å²) >= 11 is 9.91. The van der Waals surface area contributed by atoms with Crippen LogP contribution in [-0.4, -0.2) is 19.4 Å². The number of fused-ring (bicyclic) bond motifs is 1. The van der Waals surface area contributed by atoms with Crippen LogP contribution in [0.5, 0.6) is 0 Å². The van der Waals surface area contributed by atoms with Crippen molar-refractivity contribution in [2.75, 3.05) is 11.1 Å². The fourth-order valence-electron chi connectivity index (χ4n) is 2.68. The lowest BCUT2D eigenvalue weighted by molar-refractivity contribution is 1.06. The van der Waals surface area contributed by atoms with Gasteiger partial charge in [0.05, 0.1) is 11.9 Å². The van der Waals surface area contributed by atoms with Crippen LogP contribution in [0.4, 0.5) is 11.6 Å². The Labute approximate surface area is 163 Å². The van der Waals surface area contributed by atoms with Gasteiger partial charge in [0.25, 0.3) is 0 Å². The van der Waals surface area contributed by atoms with Gasteiger partial charge in [0.2, 0.25) is 5.95 Å². The number of halogens is 2. The molecule has 0 spiro atoms. The second-order valence-corrected chi connectivity index (χ2v) is 6.92. The van der Waals surface area contributed by atoms with Gasteiger partial charge in [-0.15, -0.1) is 0 Å². The Kier molecular flexibility index (Phi) is 4.48. The summed E-state index contributed by atoms with van der Waals surface area (Å²) in [6.07, 6.45) is 7.17. The molecule has 1 aromatic carbocycles. The molecule has 0 atom stereocenters. The monoisotopic (exact) mass is 428 g/mol. The fraction of sp³-hybridized carbons (Fsp3) is 0.0556. The van der Waals surface area contributed by atoms with Crippen molar-refractivity contribution in [3.05, 3.63) is 70.3 Å². The number of benzene rings is 1. The quantitative estimate of drug-likeness (QED) is 0.502. The number of hydrogen-bond acceptors (Lipinski definition) is 5. The SMILES string of the molecule is Nc1ncc(CNc2cc(-c3ccccc3Cl)cn3c(Br)cnc23)cn1. The first kappa shape index (κ1) is 16.8. The number of anilines is 2. The maximum absolute atomic E-state index is 6.38. The highest BCUT2D eigenvalue weighted by atomic mass is 79.9. The van der Waals surface area contributed by atoms with E-state index in [-0.39, 0.29) is 5.95 Å². The van der Waals surface area contributed by atoms with E-state index >= 15 is 0 Å². The van der Waals surface area contributed by atoms with Gasteiger partial charge in [-0.2, -0.15) is 0 Å². The Morgan fingerprint density at radius 1 is 1.12 bits per heavy atom. The van der Waals surface area contributed by atoms with Crippen LogP contribution in [0.25, 0.3) is 16.8 Å². The molecule has 0 saturated carbocycles. The van der Waals surface area contributed by atoms with Crippen molar-refractivity contribution in [3.63, 3.8) is 0 Å². The van der Waals surface area contributed by atoms with Crippen LogP contribution >= 0.6 is 27.5 Å². The predicted octanol–water partition coefficient (Wildman–Crippen LogP) is 4.40. The summed E-state index contributed by atoms with van der Waals surface area (Å²) in [6, 6.07) is 9.79. The summed E-state index contributed by atoms with van der Waals surface area (Å²) < 4.78 is 2.83. The topological polar surface area (TPSA) is 81.1 Å². The van der Waals surface area contributed by atoms with Gasteiger partial charge in [0.1, 0.15) is 4.60 Å². The minimum atomic E-state index is 0.258. The van der Waals surface area contributed by atoms with Gasteiger partial charge in [-0.25, -0.2) is 15.0 Å². The molecule has 0 radical (unpaired) electrons. The van der Waals surface area contributed by atoms with Crippen LogP contribution in [0.15, 0.2) is 59.7 Å². The van der Waals surface area contributed by atoms with Gasteiger partial charge in [0.15, 0.2) is 5.65 Å². The van der Waals surface area contributed by atoms with Crippen molar-refractivity contribution in [3.8, 4) is 11.1 Å². The maximum Gasteiger partial charge on any atom is 0.219 e. The molecule has 0 fully saturated rings. The lowest BCUT2D eigenvalue weighted by atomic mass is 10.1. The minimum Gasteiger partial charge on any atom is -0.378 e. The molecule has 0 aliphatic rings. The molecule has 0 saturated heterocycles. The molecule has 4 aromatic rings. The van der Waals surface area contributed by atoms with Gasteiger partial charge in [-0.3, -0.25) is 4.40 Å². The summed E-state index contributed by atoms with van der Waals surface area (Å²) in [5, 5.41) is 4.09. The van der Waals surface area contributed by atoms with Gasteiger partial charge < -0.3 is 11.1 Å². The minimum absolute atomic E-state index is 0.258. The third-order valence-electron chi connectivity index (χ3n) is 3.95. The summed E-state index contributed by atoms with van der Waals surface area (Å²) in [7, 11) is 0. The molecule has 3 heterocycles. The Morgan fingerprint density at radius 3 is 2.65 bits per heavy atom. The van der Waals surface area contributed by atoms with E-state index in [0.29, 0.717) is 11.6 Å². The smallest absolute Gasteiger partial charge is 0.219 e. The Bertz CT molecular complexity index is 1080. The molecule has 4 rings (SSSR count). The average molecular weight is 430 g/mol. The largest absolute Gasteiger partial charge is 0.378 e. The maximum atomic E-state index is 6.38. The molecule has 0 unspecified atom stereocenters. The molecule has 130 valence electrons. The van der Waals surface area contributed by atoms with E-state index in [0.717, 1.165) is 32.6 Å². The molecular weight excluding hydrogens is 416 g/mol. The van der Waals surface area contributed by atoms with E-state index in [1.54, 1.807) is 18.6 Å². The van der Waals surface area contributed by atoms with Crippen LogP contribution in [0, 0.1) is 0 Å². The predicted molar refractivity (Wildman–Crippen MR) is 107 cm³/mol. The van der Waals surface area contributed by atoms with Crippen molar-refractivity contribution in [2.45, 2.75) is 6.54 Å². The molecule has 26 heavy (non-hydrogen) atoms. The summed E-state index contributed by atoms with van der Waals surface area (Å²) in [4.78, 5) is 12.5. The summed E-state index contributed by atoms with van der Waals surface area (Å²) in [5.41, 5.74) is 10.1. The average Bonchev–Trinajstić information content (AvgIpc) is 3.02. The third-order valence-corrected chi connectivity index (χ3v) is 4.87. The molecule has 0 amide bonds. The Balaban J connectivity index is 1.75. The highest BCUT2D eigenvalue weighted by Crippen LogP contribution is 2.32. The number of aromatic nitrogens is 4. The number of rotatable bonds is 4. The Morgan fingerprint density at radius 2 is 1.88 bits per heavy atom. The second kappa shape index (κ2) is 6.93. The van der Waals surface area contributed by atoms with E-state index in [1.807, 2.05) is 40.9 Å². The number of nitrogens with zero attached hydrogens (tertiary/aromatic N) is 4. The van der Waals surface area contributed by atoms with Crippen LogP contribution in [0.2, 0.25) is 5.02 Å². The van der Waals surface area contributed by atoms with Crippen LogP contribution in [0.3, 0.4) is 0 Å². The molecule has 8 heteroatoms. The lowest BCUT2D eigenvalue weighted by Gasteiger charge is -2.12. The zero-order chi connectivity index (χ0) is 18.1. The summed E-state index contributed by atoms with van der Waals surface area (Å²) in [5.74, 6) is 0.258. The second-order valence-electron chi connectivity index (χ2n) is 5.70. The standard InChI is InChI=1S/C18H14BrClN6/c19-16-9-23-17-15(22-6-11-7-24-18(21)25-8-11)5-12(10-26(16)17)13-3-1-2-4-14(13)20/h1-5,7-10,22H,6H2,(H2,21,24,25). The first-order chi connectivity index (χ1) is 12.6. The molecule has 0 aliphatic carbocycles. The van der Waals surface area contributed by atoms with Crippen LogP contribution in [0.1, 0.15) is 5.56 Å². The van der Waals surface area contributed by atoms with Gasteiger partial charge in [-0.05, 0) is 28.1 Å². The molecule has 3 aromatic heterocycles. The highest BCUT2D eigenvalue weighted by Gasteiger charge is 2.11. The molecule has 0 bridgehead atoms. The van der Waals surface area contributed by atoms with Gasteiger partial charge >= 0.3 is 0 Å². The third kappa shape index (κ3) is 3.23. The van der Waals surface area contributed by atoms with Gasteiger partial charge in [0, 0.05) is 46.8 Å². The fourth-order valence-corrected chi connectivity index (χ4v) is 3.30. The number of hydrogen-bond donors (Lipinski definition) is 2. The van der Waals surface area contributed by atoms with E-state index in [9.17, 15) is 0 Å². The number of pyridine rings is 1. The molecule has 0 aliphatic heterocycles. The molecule has 6 nitrogen and oxygen atoms in total. The van der Waals surface area contributed by atoms with Crippen molar-refractivity contribution in [2.24, 2.45) is 0 Å². The normalized spacial score (nSPS) is 11.0. The number of nitrogens with one attached hydrogen (secondary N) is 1. The molecule has 3 N–H and O–H groups in total. The first-order valence-corrected chi connectivity index (χ1v) is 9.00. The lowest BCUT2D eigenvalue weighted by Crippen LogP contribution is -2.04. The number of imidazole rings is 1. The van der Waals surface area contributed by atoms with E-state index in [4.69, 9.17) is 17.3 Å². The van der Waals surface area contributed by atoms with E-state index in [2.05, 4.69) is 36.2 Å². The van der Waals surface area contributed by atoms with Crippen LogP contribution in [-0.2, 0) is 6.54 Å². The van der Waals surface area contributed by atoms with Crippen molar-refractivity contribution in [1.82, 2.24) is 19.4 Å². The van der Waals surface area contributed by atoms with Gasteiger partial charge in [-0.1, -0.05) is 29.8 Å². The Hall–Kier alpha value is -2.64. The summed E-state index contributed by atoms with van der Waals surface area (Å²) in [6.45, 7) is 0.548. The zero-order valence-corrected chi connectivity index (χ0v) is 15.9. The van der Waals surface area contributed by atoms with E-state index in [1.165, 1.54) is 0 Å². The first-order valence-electron chi connectivity index (χ1n) is 7.83. The van der Waals surface area contributed by atoms with Crippen LogP contribution < -0.4 is 11.1 Å². The number of nitrogens with two attached hydrogens (primary N) is 1. The van der Waals surface area contributed by atoms with E-state index < -0.39 is 0 Å². The van der Waals surface area contributed by atoms with Crippen molar-refractivity contribution >= 4 is 44.8 Å². The van der Waals surface area contributed by atoms with Crippen molar-refractivity contribution < 1.29 is 0 Å². The molecular formula is C18H14BrClN6. The number of nitrogen functional groups attached to an aromatic ring is 1. The zero-order valence-electron chi connectivity index (χ0n) is 13.5. The highest BCUT2D eigenvalue weighted by molar-refractivity contribution is 9.10.